The molecule has 118 valence electrons. The van der Waals surface area contributed by atoms with Gasteiger partial charge >= 0.3 is 29.6 Å². The fourth-order valence-electron chi connectivity index (χ4n) is 1.38. The SMILES string of the molecule is CN=Nc1cc(S(=O)(=O)CCOSOO[O-])ccc1OC.[Na+]. The molecule has 9 nitrogen and oxygen atoms in total. The molecule has 0 fully saturated rings. The standard InChI is InChI=1S/C10H14N2O7S2.Na/c1-11-12-9-7-8(3-4-10(9)16-2)21(14,15)6-5-17-20-19-18-13;/h3-4,7,13H,5-6H2,1-2H3;/q;+1/p-1. The Hall–Kier alpha value is -0.240. The Morgan fingerprint density at radius 3 is 2.68 bits per heavy atom. The molecule has 0 atom stereocenters. The van der Waals surface area contributed by atoms with Gasteiger partial charge in [-0.25, -0.2) is 8.42 Å². The van der Waals surface area contributed by atoms with Crippen LogP contribution in [0.2, 0.25) is 0 Å². The topological polar surface area (TPSA) is 119 Å². The first-order valence-electron chi connectivity index (χ1n) is 5.50. The van der Waals surface area contributed by atoms with Crippen LogP contribution in [-0.4, -0.2) is 34.9 Å². The van der Waals surface area contributed by atoms with Gasteiger partial charge in [0.25, 0.3) is 0 Å². The molecule has 0 heterocycles. The Balaban J connectivity index is 0.00000441. The maximum atomic E-state index is 12.1. The number of methoxy groups -OCH3 is 1. The molecule has 0 bridgehead atoms. The van der Waals surface area contributed by atoms with E-state index in [2.05, 4.69) is 23.8 Å². The molecule has 0 unspecified atom stereocenters. The first-order valence-corrected chi connectivity index (χ1v) is 7.82. The Morgan fingerprint density at radius 2 is 2.09 bits per heavy atom. The molecular weight excluding hydrogens is 347 g/mol. The van der Waals surface area contributed by atoms with Crippen LogP contribution >= 0.6 is 12.3 Å². The van der Waals surface area contributed by atoms with E-state index in [-0.39, 0.29) is 59.1 Å². The van der Waals surface area contributed by atoms with Crippen LogP contribution < -0.4 is 39.6 Å². The van der Waals surface area contributed by atoms with Gasteiger partial charge in [0.05, 0.1) is 24.4 Å². The van der Waals surface area contributed by atoms with Gasteiger partial charge in [0.2, 0.25) is 0 Å². The third-order valence-corrected chi connectivity index (χ3v) is 4.31. The van der Waals surface area contributed by atoms with Crippen molar-refractivity contribution in [2.24, 2.45) is 10.2 Å². The van der Waals surface area contributed by atoms with E-state index >= 15 is 0 Å². The van der Waals surface area contributed by atoms with Crippen LogP contribution in [0.5, 0.6) is 5.75 Å². The summed E-state index contributed by atoms with van der Waals surface area (Å²) in [5, 5.41) is 19.9. The van der Waals surface area contributed by atoms with Gasteiger partial charge in [-0.2, -0.15) is 10.2 Å². The molecule has 1 aromatic rings. The summed E-state index contributed by atoms with van der Waals surface area (Å²) in [5.74, 6) is 0.101. The van der Waals surface area contributed by atoms with Crippen molar-refractivity contribution in [3.8, 4) is 5.75 Å². The van der Waals surface area contributed by atoms with Crippen molar-refractivity contribution < 1.29 is 61.5 Å². The Labute approximate surface area is 154 Å². The first kappa shape index (κ1) is 21.8. The number of azo groups is 1. The van der Waals surface area contributed by atoms with E-state index in [1.807, 2.05) is 0 Å². The molecule has 1 rings (SSSR count). The van der Waals surface area contributed by atoms with E-state index in [1.54, 1.807) is 0 Å². The monoisotopic (exact) mass is 360 g/mol. The van der Waals surface area contributed by atoms with Crippen molar-refractivity contribution in [2.75, 3.05) is 26.5 Å². The predicted molar refractivity (Wildman–Crippen MR) is 71.2 cm³/mol. The van der Waals surface area contributed by atoms with Gasteiger partial charge in [0.15, 0.2) is 22.2 Å². The summed E-state index contributed by atoms with van der Waals surface area (Å²) in [6.45, 7) is -0.187. The second kappa shape index (κ2) is 11.3. The number of rotatable bonds is 9. The average Bonchev–Trinajstić information content (AvgIpc) is 2.47. The second-order valence-electron chi connectivity index (χ2n) is 3.48. The van der Waals surface area contributed by atoms with E-state index in [0.29, 0.717) is 11.4 Å². The van der Waals surface area contributed by atoms with Crippen LogP contribution in [0.1, 0.15) is 0 Å². The number of sulfone groups is 1. The third-order valence-electron chi connectivity index (χ3n) is 2.26. The van der Waals surface area contributed by atoms with Gasteiger partial charge < -0.3 is 9.99 Å². The molecule has 0 amide bonds. The van der Waals surface area contributed by atoms with Gasteiger partial charge in [-0.3, -0.25) is 9.22 Å². The number of nitrogens with zero attached hydrogens (tertiary/aromatic N) is 2. The van der Waals surface area contributed by atoms with Crippen LogP contribution in [0.4, 0.5) is 5.69 Å². The summed E-state index contributed by atoms with van der Waals surface area (Å²) in [6.07, 6.45) is 0. The van der Waals surface area contributed by atoms with Crippen molar-refractivity contribution >= 4 is 27.8 Å². The maximum absolute atomic E-state index is 12.1. The summed E-state index contributed by atoms with van der Waals surface area (Å²) < 4.78 is 37.7. The predicted octanol–water partition coefficient (Wildman–Crippen LogP) is -2.01. The van der Waals surface area contributed by atoms with Crippen LogP contribution in [-0.2, 0) is 23.4 Å². The first-order chi connectivity index (χ1) is 10.0. The summed E-state index contributed by atoms with van der Waals surface area (Å²) in [5.41, 5.74) is 0.305. The summed E-state index contributed by atoms with van der Waals surface area (Å²) in [4.78, 5) is 0.0558. The Bertz CT molecular complexity index is 583. The molecule has 0 aromatic heterocycles. The molecule has 12 heteroatoms. The molecular formula is C10H13N2NaO7S2. The van der Waals surface area contributed by atoms with Gasteiger partial charge in [-0.1, -0.05) is 0 Å². The molecule has 0 aliphatic carbocycles. The van der Waals surface area contributed by atoms with Crippen molar-refractivity contribution in [3.63, 3.8) is 0 Å². The molecule has 0 radical (unpaired) electrons. The molecule has 1 aromatic carbocycles. The number of benzene rings is 1. The molecule has 0 aliphatic heterocycles. The van der Waals surface area contributed by atoms with Crippen LogP contribution in [0, 0.1) is 0 Å². The van der Waals surface area contributed by atoms with Crippen LogP contribution in [0.25, 0.3) is 0 Å². The summed E-state index contributed by atoms with van der Waals surface area (Å²) in [7, 11) is -0.675. The van der Waals surface area contributed by atoms with Crippen LogP contribution in [0.3, 0.4) is 0 Å². The summed E-state index contributed by atoms with van der Waals surface area (Å²) in [6, 6.07) is 4.24. The maximum Gasteiger partial charge on any atom is 1.00 e. The smallest absolute Gasteiger partial charge is 0.691 e. The Kier molecular flexibility index (Phi) is 11.2. The van der Waals surface area contributed by atoms with Crippen molar-refractivity contribution in [3.05, 3.63) is 18.2 Å². The molecule has 0 saturated carbocycles. The molecule has 0 spiro atoms. The van der Waals surface area contributed by atoms with Crippen molar-refractivity contribution in [1.82, 2.24) is 0 Å². The molecule has 0 aliphatic rings. The summed E-state index contributed by atoms with van der Waals surface area (Å²) >= 11 is 0.254. The van der Waals surface area contributed by atoms with E-state index in [4.69, 9.17) is 4.74 Å². The molecule has 0 saturated heterocycles. The zero-order chi connectivity index (χ0) is 15.7. The van der Waals surface area contributed by atoms with Gasteiger partial charge in [0, 0.05) is 7.05 Å². The Morgan fingerprint density at radius 1 is 1.36 bits per heavy atom. The van der Waals surface area contributed by atoms with Crippen molar-refractivity contribution in [2.45, 2.75) is 4.90 Å². The number of hydrogen-bond acceptors (Lipinski definition) is 10. The van der Waals surface area contributed by atoms with Gasteiger partial charge in [0.1, 0.15) is 11.4 Å². The largest absolute Gasteiger partial charge is 1.00 e. The van der Waals surface area contributed by atoms with Gasteiger partial charge in [-0.05, 0) is 18.2 Å². The second-order valence-corrected chi connectivity index (χ2v) is 6.10. The number of hydrogen-bond donors (Lipinski definition) is 0. The van der Waals surface area contributed by atoms with Crippen LogP contribution in [0.15, 0.2) is 33.3 Å². The minimum absolute atomic E-state index is 0. The zero-order valence-corrected chi connectivity index (χ0v) is 15.8. The van der Waals surface area contributed by atoms with E-state index < -0.39 is 9.84 Å². The van der Waals surface area contributed by atoms with Crippen molar-refractivity contribution in [1.29, 1.82) is 0 Å². The third kappa shape index (κ3) is 6.89. The van der Waals surface area contributed by atoms with Gasteiger partial charge in [-0.15, -0.1) is 4.33 Å². The minimum atomic E-state index is -3.58. The number of ether oxygens (including phenoxy) is 1. The van der Waals surface area contributed by atoms with E-state index in [1.165, 1.54) is 32.4 Å². The minimum Gasteiger partial charge on any atom is -0.691 e. The molecule has 22 heavy (non-hydrogen) atoms. The van der Waals surface area contributed by atoms with E-state index in [0.717, 1.165) is 0 Å². The quantitative estimate of drug-likeness (QED) is 0.124. The fraction of sp³-hybridized carbons (Fsp3) is 0.400. The molecule has 0 N–H and O–H groups in total. The average molecular weight is 360 g/mol. The zero-order valence-electron chi connectivity index (χ0n) is 12.2. The fourth-order valence-corrected chi connectivity index (χ4v) is 2.80. The van der Waals surface area contributed by atoms with E-state index in [9.17, 15) is 13.7 Å². The normalized spacial score (nSPS) is 11.4.